The average Bonchev–Trinajstić information content (AvgIpc) is 2.79. The maximum absolute atomic E-state index is 8.95. The molecule has 2 aromatic rings. The molecular formula is C13H17NO2S. The number of nitrogens with two attached hydrogens (primary N) is 1. The van der Waals surface area contributed by atoms with E-state index in [2.05, 4.69) is 0 Å². The van der Waals surface area contributed by atoms with Gasteiger partial charge in [0.1, 0.15) is 11.3 Å². The Labute approximate surface area is 105 Å². The Morgan fingerprint density at radius 1 is 1.41 bits per heavy atom. The molecule has 1 aromatic carbocycles. The third-order valence-electron chi connectivity index (χ3n) is 2.63. The first kappa shape index (κ1) is 12.5. The summed E-state index contributed by atoms with van der Waals surface area (Å²) in [6.45, 7) is 2.16. The van der Waals surface area contributed by atoms with Crippen LogP contribution in [0.25, 0.3) is 11.0 Å². The second kappa shape index (κ2) is 5.58. The summed E-state index contributed by atoms with van der Waals surface area (Å²) in [5, 5.41) is 10.2. The lowest BCUT2D eigenvalue weighted by Gasteiger charge is -2.11. The van der Waals surface area contributed by atoms with Gasteiger partial charge >= 0.3 is 0 Å². The molecular weight excluding hydrogens is 234 g/mol. The molecule has 1 aromatic heterocycles. The zero-order valence-corrected chi connectivity index (χ0v) is 10.6. The van der Waals surface area contributed by atoms with Gasteiger partial charge in [-0.25, -0.2) is 0 Å². The minimum absolute atomic E-state index is 0.124. The molecule has 0 aliphatic heterocycles. The number of rotatable bonds is 5. The summed E-state index contributed by atoms with van der Waals surface area (Å²) in [6.07, 6.45) is 0. The predicted octanol–water partition coefficient (Wildman–Crippen LogP) is 2.55. The Hall–Kier alpha value is -0.970. The summed E-state index contributed by atoms with van der Waals surface area (Å²) in [4.78, 5) is 0. The van der Waals surface area contributed by atoms with Gasteiger partial charge in [-0.3, -0.25) is 0 Å². The Morgan fingerprint density at radius 2 is 2.18 bits per heavy atom. The smallest absolute Gasteiger partial charge is 0.134 e. The van der Waals surface area contributed by atoms with E-state index in [9.17, 15) is 0 Å². The molecule has 0 aliphatic rings. The quantitative estimate of drug-likeness (QED) is 0.857. The number of thioether (sulfide) groups is 1. The summed E-state index contributed by atoms with van der Waals surface area (Å²) < 4.78 is 5.69. The number of fused-ring (bicyclic) bond motifs is 1. The molecule has 0 bridgehead atoms. The highest BCUT2D eigenvalue weighted by Crippen LogP contribution is 2.25. The van der Waals surface area contributed by atoms with Gasteiger partial charge in [0.25, 0.3) is 0 Å². The van der Waals surface area contributed by atoms with Crippen molar-refractivity contribution in [3.05, 3.63) is 36.1 Å². The molecule has 2 atom stereocenters. The van der Waals surface area contributed by atoms with E-state index in [1.165, 1.54) is 0 Å². The Morgan fingerprint density at radius 3 is 2.88 bits per heavy atom. The van der Waals surface area contributed by atoms with Crippen molar-refractivity contribution in [3.8, 4) is 0 Å². The molecule has 0 spiro atoms. The van der Waals surface area contributed by atoms with Crippen molar-refractivity contribution in [2.45, 2.75) is 18.2 Å². The van der Waals surface area contributed by atoms with Gasteiger partial charge in [0.05, 0.1) is 12.6 Å². The van der Waals surface area contributed by atoms with Crippen LogP contribution in [-0.4, -0.2) is 22.7 Å². The topological polar surface area (TPSA) is 59.4 Å². The van der Waals surface area contributed by atoms with Crippen molar-refractivity contribution in [2.75, 3.05) is 12.4 Å². The fourth-order valence-electron chi connectivity index (χ4n) is 1.59. The van der Waals surface area contributed by atoms with Crippen LogP contribution in [-0.2, 0) is 0 Å². The van der Waals surface area contributed by atoms with Crippen molar-refractivity contribution in [1.29, 1.82) is 0 Å². The normalized spacial score (nSPS) is 15.0. The highest BCUT2D eigenvalue weighted by molar-refractivity contribution is 7.99. The van der Waals surface area contributed by atoms with Crippen LogP contribution in [0.1, 0.15) is 18.7 Å². The molecule has 3 N–H and O–H groups in total. The number of benzene rings is 1. The molecule has 2 unspecified atom stereocenters. The van der Waals surface area contributed by atoms with Gasteiger partial charge in [0.15, 0.2) is 0 Å². The van der Waals surface area contributed by atoms with E-state index in [-0.39, 0.29) is 17.9 Å². The van der Waals surface area contributed by atoms with E-state index < -0.39 is 0 Å². The van der Waals surface area contributed by atoms with Crippen molar-refractivity contribution >= 4 is 22.7 Å². The molecule has 1 heterocycles. The second-order valence-electron chi connectivity index (χ2n) is 4.12. The number of aliphatic hydroxyl groups excluding tert-OH is 1. The molecule has 0 amide bonds. The van der Waals surface area contributed by atoms with E-state index in [1.807, 2.05) is 37.3 Å². The van der Waals surface area contributed by atoms with Gasteiger partial charge in [-0.1, -0.05) is 25.1 Å². The maximum atomic E-state index is 8.95. The van der Waals surface area contributed by atoms with Gasteiger partial charge in [-0.05, 0) is 12.1 Å². The lowest BCUT2D eigenvalue weighted by Crippen LogP contribution is -2.15. The van der Waals surface area contributed by atoms with Gasteiger partial charge in [0.2, 0.25) is 0 Å². The number of aliphatic hydroxyl groups is 1. The molecule has 17 heavy (non-hydrogen) atoms. The third kappa shape index (κ3) is 3.03. The molecule has 4 heteroatoms. The first-order valence-corrected chi connectivity index (χ1v) is 6.72. The standard InChI is InChI=1S/C13H17NO2S/c1-9(7-15)17-8-11(14)13-6-10-4-2-3-5-12(10)16-13/h2-6,9,11,15H,7-8,14H2,1H3. The maximum Gasteiger partial charge on any atom is 0.134 e. The van der Waals surface area contributed by atoms with E-state index in [0.29, 0.717) is 0 Å². The van der Waals surface area contributed by atoms with E-state index in [0.717, 1.165) is 22.5 Å². The third-order valence-corrected chi connectivity index (χ3v) is 3.90. The van der Waals surface area contributed by atoms with Crippen LogP contribution in [0.15, 0.2) is 34.7 Å². The van der Waals surface area contributed by atoms with Crippen molar-refractivity contribution in [1.82, 2.24) is 0 Å². The first-order chi connectivity index (χ1) is 8.20. The van der Waals surface area contributed by atoms with Crippen molar-refractivity contribution < 1.29 is 9.52 Å². The molecule has 0 saturated heterocycles. The average molecular weight is 251 g/mol. The minimum Gasteiger partial charge on any atom is -0.459 e. The molecule has 92 valence electrons. The molecule has 0 saturated carbocycles. The summed E-state index contributed by atoms with van der Waals surface area (Å²) in [6, 6.07) is 9.75. The predicted molar refractivity (Wildman–Crippen MR) is 72.1 cm³/mol. The van der Waals surface area contributed by atoms with Crippen LogP contribution < -0.4 is 5.73 Å². The van der Waals surface area contributed by atoms with Crippen LogP contribution in [0.2, 0.25) is 0 Å². The van der Waals surface area contributed by atoms with Gasteiger partial charge in [-0.2, -0.15) is 11.8 Å². The van der Waals surface area contributed by atoms with Crippen molar-refractivity contribution in [2.24, 2.45) is 5.73 Å². The highest BCUT2D eigenvalue weighted by Gasteiger charge is 2.13. The fourth-order valence-corrected chi connectivity index (χ4v) is 2.39. The van der Waals surface area contributed by atoms with Crippen LogP contribution in [0.4, 0.5) is 0 Å². The summed E-state index contributed by atoms with van der Waals surface area (Å²) >= 11 is 1.65. The Kier molecular flexibility index (Phi) is 4.10. The number of hydrogen-bond donors (Lipinski definition) is 2. The van der Waals surface area contributed by atoms with E-state index >= 15 is 0 Å². The Balaban J connectivity index is 2.06. The molecule has 0 radical (unpaired) electrons. The fraction of sp³-hybridized carbons (Fsp3) is 0.385. The summed E-state index contributed by atoms with van der Waals surface area (Å²) in [5.74, 6) is 1.56. The molecule has 2 rings (SSSR count). The minimum atomic E-state index is -0.124. The van der Waals surface area contributed by atoms with Gasteiger partial charge in [0, 0.05) is 16.4 Å². The first-order valence-electron chi connectivity index (χ1n) is 5.67. The molecule has 3 nitrogen and oxygen atoms in total. The summed E-state index contributed by atoms with van der Waals surface area (Å²) in [7, 11) is 0. The second-order valence-corrected chi connectivity index (χ2v) is 5.59. The molecule has 0 aliphatic carbocycles. The zero-order chi connectivity index (χ0) is 12.3. The monoisotopic (exact) mass is 251 g/mol. The highest BCUT2D eigenvalue weighted by atomic mass is 32.2. The van der Waals surface area contributed by atoms with Crippen molar-refractivity contribution in [3.63, 3.8) is 0 Å². The van der Waals surface area contributed by atoms with Crippen LogP contribution >= 0.6 is 11.8 Å². The Bertz CT molecular complexity index is 450. The largest absolute Gasteiger partial charge is 0.459 e. The number of hydrogen-bond acceptors (Lipinski definition) is 4. The lowest BCUT2D eigenvalue weighted by atomic mass is 10.2. The zero-order valence-electron chi connectivity index (χ0n) is 9.80. The van der Waals surface area contributed by atoms with Gasteiger partial charge in [-0.15, -0.1) is 0 Å². The van der Waals surface area contributed by atoms with Crippen LogP contribution in [0.3, 0.4) is 0 Å². The van der Waals surface area contributed by atoms with Gasteiger partial charge < -0.3 is 15.3 Å². The number of furan rings is 1. The number of para-hydroxylation sites is 1. The van der Waals surface area contributed by atoms with Crippen LogP contribution in [0.5, 0.6) is 0 Å². The van der Waals surface area contributed by atoms with E-state index in [1.54, 1.807) is 11.8 Å². The van der Waals surface area contributed by atoms with E-state index in [4.69, 9.17) is 15.3 Å². The molecule has 0 fully saturated rings. The summed E-state index contributed by atoms with van der Waals surface area (Å²) in [5.41, 5.74) is 6.94. The van der Waals surface area contributed by atoms with Crippen LogP contribution in [0, 0.1) is 0 Å². The lowest BCUT2D eigenvalue weighted by molar-refractivity contribution is 0.300. The SMILES string of the molecule is CC(CO)SCC(N)c1cc2ccccc2o1.